The molecule has 1 aromatic heterocycles. The van der Waals surface area contributed by atoms with Gasteiger partial charge in [0.05, 0.1) is 5.69 Å². The fourth-order valence-electron chi connectivity index (χ4n) is 3.09. The predicted molar refractivity (Wildman–Crippen MR) is 103 cm³/mol. The number of nitrogens with zero attached hydrogens (tertiary/aromatic N) is 3. The van der Waals surface area contributed by atoms with E-state index in [1.54, 1.807) is 29.3 Å². The molecule has 0 saturated carbocycles. The van der Waals surface area contributed by atoms with Crippen molar-refractivity contribution in [3.05, 3.63) is 72.1 Å². The molecule has 0 unspecified atom stereocenters. The predicted octanol–water partition coefficient (Wildman–Crippen LogP) is 2.96. The number of aromatic nitrogens is 2. The number of benzene rings is 2. The van der Waals surface area contributed by atoms with E-state index in [0.29, 0.717) is 30.0 Å². The Labute approximate surface area is 156 Å². The zero-order chi connectivity index (χ0) is 18.8. The second kappa shape index (κ2) is 6.95. The number of nitrogens with one attached hydrogen (secondary N) is 2. The lowest BCUT2D eigenvalue weighted by Gasteiger charge is -2.15. The first-order chi connectivity index (χ1) is 13.1. The van der Waals surface area contributed by atoms with Crippen LogP contribution in [0.4, 0.5) is 16.2 Å². The maximum Gasteiger partial charge on any atom is 0.321 e. The number of anilines is 2. The van der Waals surface area contributed by atoms with E-state index in [2.05, 4.69) is 15.7 Å². The number of hydrogen-bond acceptors (Lipinski definition) is 3. The van der Waals surface area contributed by atoms with Gasteiger partial charge in [-0.1, -0.05) is 12.1 Å². The fourth-order valence-corrected chi connectivity index (χ4v) is 3.09. The van der Waals surface area contributed by atoms with Crippen LogP contribution in [0.25, 0.3) is 5.69 Å². The van der Waals surface area contributed by atoms with E-state index in [1.165, 1.54) is 0 Å². The summed E-state index contributed by atoms with van der Waals surface area (Å²) in [5.74, 6) is -0.231. The molecule has 3 aromatic rings. The van der Waals surface area contributed by atoms with Crippen molar-refractivity contribution in [3.8, 4) is 5.69 Å². The molecule has 0 bridgehead atoms. The van der Waals surface area contributed by atoms with Crippen LogP contribution in [0, 0.1) is 6.92 Å². The molecule has 1 aliphatic heterocycles. The second-order valence-electron chi connectivity index (χ2n) is 6.32. The van der Waals surface area contributed by atoms with Crippen molar-refractivity contribution in [2.75, 3.05) is 23.3 Å². The van der Waals surface area contributed by atoms with Gasteiger partial charge in [0.25, 0.3) is 5.91 Å². The van der Waals surface area contributed by atoms with Crippen LogP contribution in [0.5, 0.6) is 0 Å². The van der Waals surface area contributed by atoms with Gasteiger partial charge < -0.3 is 10.6 Å². The molecule has 136 valence electrons. The van der Waals surface area contributed by atoms with Crippen LogP contribution in [0.3, 0.4) is 0 Å². The highest BCUT2D eigenvalue weighted by atomic mass is 16.2. The Kier molecular flexibility index (Phi) is 4.33. The third-order valence-corrected chi connectivity index (χ3v) is 4.46. The maximum atomic E-state index is 12.7. The average molecular weight is 361 g/mol. The van der Waals surface area contributed by atoms with Crippen molar-refractivity contribution in [2.45, 2.75) is 6.92 Å². The van der Waals surface area contributed by atoms with E-state index in [1.807, 2.05) is 48.0 Å². The minimum absolute atomic E-state index is 0.144. The van der Waals surface area contributed by atoms with Gasteiger partial charge in [-0.15, -0.1) is 0 Å². The zero-order valence-corrected chi connectivity index (χ0v) is 14.8. The molecule has 2 aromatic carbocycles. The number of hydrogen-bond donors (Lipinski definition) is 2. The van der Waals surface area contributed by atoms with Crippen LogP contribution >= 0.6 is 0 Å². The van der Waals surface area contributed by atoms with Crippen molar-refractivity contribution >= 4 is 23.3 Å². The number of rotatable bonds is 4. The van der Waals surface area contributed by atoms with Gasteiger partial charge in [0, 0.05) is 41.9 Å². The SMILES string of the molecule is Cc1ccnn1-c1cccc(NC(=O)c2cccc(N3CCNC3=O)c2)c1. The average Bonchev–Trinajstić information content (AvgIpc) is 3.30. The molecular weight excluding hydrogens is 342 g/mol. The van der Waals surface area contributed by atoms with E-state index in [4.69, 9.17) is 0 Å². The zero-order valence-electron chi connectivity index (χ0n) is 14.8. The van der Waals surface area contributed by atoms with E-state index in [9.17, 15) is 9.59 Å². The summed E-state index contributed by atoms with van der Waals surface area (Å²) in [7, 11) is 0. The topological polar surface area (TPSA) is 79.3 Å². The van der Waals surface area contributed by atoms with E-state index < -0.39 is 0 Å². The van der Waals surface area contributed by atoms with Crippen molar-refractivity contribution in [3.63, 3.8) is 0 Å². The molecule has 0 spiro atoms. The quantitative estimate of drug-likeness (QED) is 0.750. The number of amides is 3. The summed E-state index contributed by atoms with van der Waals surface area (Å²) in [5.41, 5.74) is 3.76. The molecule has 2 heterocycles. The molecule has 1 saturated heterocycles. The number of urea groups is 1. The largest absolute Gasteiger partial charge is 0.336 e. The molecule has 7 heteroatoms. The summed E-state index contributed by atoms with van der Waals surface area (Å²) in [6, 6.07) is 16.3. The van der Waals surface area contributed by atoms with E-state index in [-0.39, 0.29) is 11.9 Å². The molecular formula is C20H19N5O2. The van der Waals surface area contributed by atoms with Gasteiger partial charge in [-0.05, 0) is 49.4 Å². The number of carbonyl (C=O) groups is 2. The molecule has 7 nitrogen and oxygen atoms in total. The molecule has 27 heavy (non-hydrogen) atoms. The van der Waals surface area contributed by atoms with Crippen LogP contribution in [-0.2, 0) is 0 Å². The van der Waals surface area contributed by atoms with Crippen LogP contribution in [-0.4, -0.2) is 34.8 Å². The summed E-state index contributed by atoms with van der Waals surface area (Å²) in [6.45, 7) is 3.17. The Morgan fingerprint density at radius 1 is 1.11 bits per heavy atom. The molecule has 3 amide bonds. The Hall–Kier alpha value is -3.61. The smallest absolute Gasteiger partial charge is 0.321 e. The van der Waals surface area contributed by atoms with E-state index >= 15 is 0 Å². The van der Waals surface area contributed by atoms with Crippen LogP contribution in [0.1, 0.15) is 16.1 Å². The Morgan fingerprint density at radius 3 is 2.67 bits per heavy atom. The first-order valence-electron chi connectivity index (χ1n) is 8.70. The summed E-state index contributed by atoms with van der Waals surface area (Å²) in [6.07, 6.45) is 1.74. The molecule has 1 fully saturated rings. The van der Waals surface area contributed by atoms with Crippen molar-refractivity contribution in [1.29, 1.82) is 0 Å². The molecule has 0 atom stereocenters. The summed E-state index contributed by atoms with van der Waals surface area (Å²) in [5, 5.41) is 9.96. The first kappa shape index (κ1) is 16.8. The highest BCUT2D eigenvalue weighted by Gasteiger charge is 2.21. The lowest BCUT2D eigenvalue weighted by molar-refractivity contribution is 0.102. The Balaban J connectivity index is 1.55. The maximum absolute atomic E-state index is 12.7. The number of aryl methyl sites for hydroxylation is 1. The van der Waals surface area contributed by atoms with Crippen LogP contribution < -0.4 is 15.5 Å². The van der Waals surface area contributed by atoms with E-state index in [0.717, 1.165) is 11.4 Å². The first-order valence-corrected chi connectivity index (χ1v) is 8.70. The third-order valence-electron chi connectivity index (χ3n) is 4.46. The van der Waals surface area contributed by atoms with Crippen LogP contribution in [0.2, 0.25) is 0 Å². The van der Waals surface area contributed by atoms with Gasteiger partial charge in [0.1, 0.15) is 0 Å². The van der Waals surface area contributed by atoms with Gasteiger partial charge >= 0.3 is 6.03 Å². The second-order valence-corrected chi connectivity index (χ2v) is 6.32. The van der Waals surface area contributed by atoms with Gasteiger partial charge in [0.2, 0.25) is 0 Å². The molecule has 1 aliphatic rings. The van der Waals surface area contributed by atoms with Crippen molar-refractivity contribution in [1.82, 2.24) is 15.1 Å². The third kappa shape index (κ3) is 3.39. The van der Waals surface area contributed by atoms with Crippen molar-refractivity contribution in [2.24, 2.45) is 0 Å². The van der Waals surface area contributed by atoms with Gasteiger partial charge in [-0.2, -0.15) is 5.10 Å². The highest BCUT2D eigenvalue weighted by Crippen LogP contribution is 2.20. The Morgan fingerprint density at radius 2 is 1.93 bits per heavy atom. The molecule has 0 radical (unpaired) electrons. The molecule has 2 N–H and O–H groups in total. The minimum atomic E-state index is -0.231. The Bertz CT molecular complexity index is 1010. The standard InChI is InChI=1S/C20H19N5O2/c1-14-8-9-22-25(14)18-7-3-5-16(13-18)23-19(26)15-4-2-6-17(12-15)24-11-10-21-20(24)27/h2-9,12-13H,10-11H2,1H3,(H,21,27)(H,23,26). The summed E-state index contributed by atoms with van der Waals surface area (Å²) >= 11 is 0. The fraction of sp³-hybridized carbons (Fsp3) is 0.150. The monoisotopic (exact) mass is 361 g/mol. The molecule has 4 rings (SSSR count). The summed E-state index contributed by atoms with van der Waals surface area (Å²) < 4.78 is 1.81. The highest BCUT2D eigenvalue weighted by molar-refractivity contribution is 6.05. The van der Waals surface area contributed by atoms with Gasteiger partial charge in [-0.25, -0.2) is 9.48 Å². The minimum Gasteiger partial charge on any atom is -0.336 e. The van der Waals surface area contributed by atoms with Crippen molar-refractivity contribution < 1.29 is 9.59 Å². The lowest BCUT2D eigenvalue weighted by Crippen LogP contribution is -2.27. The number of carbonyl (C=O) groups excluding carboxylic acids is 2. The van der Waals surface area contributed by atoms with Gasteiger partial charge in [-0.3, -0.25) is 9.69 Å². The van der Waals surface area contributed by atoms with Gasteiger partial charge in [0.15, 0.2) is 0 Å². The normalized spacial score (nSPS) is 13.5. The molecule has 0 aliphatic carbocycles. The lowest BCUT2D eigenvalue weighted by atomic mass is 10.1. The summed E-state index contributed by atoms with van der Waals surface area (Å²) in [4.78, 5) is 26.1. The van der Waals surface area contributed by atoms with Crippen LogP contribution in [0.15, 0.2) is 60.8 Å².